The average molecular weight is 368 g/mol. The number of esters is 1. The zero-order valence-electron chi connectivity index (χ0n) is 13.6. The van der Waals surface area contributed by atoms with Gasteiger partial charge in [-0.2, -0.15) is 0 Å². The van der Waals surface area contributed by atoms with Gasteiger partial charge in [-0.1, -0.05) is 17.7 Å². The van der Waals surface area contributed by atoms with Crippen LogP contribution in [0.5, 0.6) is 0 Å². The molecule has 0 spiro atoms. The number of benzene rings is 1. The van der Waals surface area contributed by atoms with Crippen LogP contribution in [0.2, 0.25) is 5.02 Å². The number of hydrogen-bond acceptors (Lipinski definition) is 5. The van der Waals surface area contributed by atoms with Gasteiger partial charge in [0.25, 0.3) is 5.91 Å². The van der Waals surface area contributed by atoms with Gasteiger partial charge >= 0.3 is 12.0 Å². The van der Waals surface area contributed by atoms with Crippen LogP contribution in [0.3, 0.4) is 0 Å². The number of nitrogens with one attached hydrogen (secondary N) is 2. The molecule has 4 amide bonds. The quantitative estimate of drug-likeness (QED) is 0.560. The summed E-state index contributed by atoms with van der Waals surface area (Å²) >= 11 is 6.00. The van der Waals surface area contributed by atoms with Crippen molar-refractivity contribution >= 4 is 41.1 Å². The monoisotopic (exact) mass is 367 g/mol. The van der Waals surface area contributed by atoms with E-state index in [1.807, 2.05) is 6.92 Å². The summed E-state index contributed by atoms with van der Waals surface area (Å²) in [5.41, 5.74) is 1.39. The number of hydrogen-bond donors (Lipinski definition) is 2. The highest BCUT2D eigenvalue weighted by molar-refractivity contribution is 6.33. The van der Waals surface area contributed by atoms with Crippen LogP contribution in [0.25, 0.3) is 0 Å². The van der Waals surface area contributed by atoms with Crippen molar-refractivity contribution in [2.24, 2.45) is 0 Å². The van der Waals surface area contributed by atoms with Gasteiger partial charge in [-0.15, -0.1) is 0 Å². The molecule has 1 aliphatic rings. The summed E-state index contributed by atoms with van der Waals surface area (Å²) in [4.78, 5) is 47.1. The van der Waals surface area contributed by atoms with Gasteiger partial charge in [0.2, 0.25) is 5.91 Å². The number of carbonyl (C=O) groups is 4. The number of carbonyl (C=O) groups excluding carboxylic acids is 4. The number of rotatable bonds is 7. The van der Waals surface area contributed by atoms with Crippen molar-refractivity contribution in [3.8, 4) is 0 Å². The molecule has 0 bridgehead atoms. The minimum absolute atomic E-state index is 0.00434. The van der Waals surface area contributed by atoms with Crippen LogP contribution in [-0.4, -0.2) is 48.4 Å². The highest BCUT2D eigenvalue weighted by Crippen LogP contribution is 2.22. The fourth-order valence-electron chi connectivity index (χ4n) is 2.19. The van der Waals surface area contributed by atoms with Crippen molar-refractivity contribution in [3.05, 3.63) is 28.8 Å². The normalized spacial score (nSPS) is 13.6. The van der Waals surface area contributed by atoms with Gasteiger partial charge in [-0.05, 0) is 31.0 Å². The van der Waals surface area contributed by atoms with E-state index in [9.17, 15) is 19.2 Å². The maximum atomic E-state index is 11.8. The second-order valence-electron chi connectivity index (χ2n) is 5.50. The van der Waals surface area contributed by atoms with E-state index in [1.54, 1.807) is 18.2 Å². The predicted octanol–water partition coefficient (Wildman–Crippen LogP) is 1.46. The molecule has 1 fully saturated rings. The second-order valence-corrected chi connectivity index (χ2v) is 5.91. The summed E-state index contributed by atoms with van der Waals surface area (Å²) < 4.78 is 4.86. The molecule has 2 N–H and O–H groups in total. The summed E-state index contributed by atoms with van der Waals surface area (Å²) in [6.45, 7) is 1.54. The van der Waals surface area contributed by atoms with Gasteiger partial charge in [-0.25, -0.2) is 4.79 Å². The van der Waals surface area contributed by atoms with Crippen LogP contribution in [0.15, 0.2) is 18.2 Å². The highest BCUT2D eigenvalue weighted by Gasteiger charge is 2.27. The van der Waals surface area contributed by atoms with Gasteiger partial charge in [0.15, 0.2) is 6.61 Å². The average Bonchev–Trinajstić information content (AvgIpc) is 2.87. The molecule has 9 heteroatoms. The fraction of sp³-hybridized carbons (Fsp3) is 0.375. The van der Waals surface area contributed by atoms with Crippen molar-refractivity contribution in [2.75, 3.05) is 25.0 Å². The van der Waals surface area contributed by atoms with Gasteiger partial charge in [0.1, 0.15) is 0 Å². The van der Waals surface area contributed by atoms with Crippen LogP contribution in [0.4, 0.5) is 10.5 Å². The maximum Gasteiger partial charge on any atom is 0.324 e. The Balaban J connectivity index is 1.68. The molecular weight excluding hydrogens is 350 g/mol. The van der Waals surface area contributed by atoms with E-state index >= 15 is 0 Å². The molecule has 0 saturated carbocycles. The lowest BCUT2D eigenvalue weighted by atomic mass is 10.2. The molecule has 0 unspecified atom stereocenters. The Hall–Kier alpha value is -2.61. The molecular formula is C16H18ClN3O5. The minimum Gasteiger partial charge on any atom is -0.456 e. The van der Waals surface area contributed by atoms with Crippen molar-refractivity contribution in [1.29, 1.82) is 0 Å². The Morgan fingerprint density at radius 3 is 2.76 bits per heavy atom. The largest absolute Gasteiger partial charge is 0.456 e. The molecule has 1 aliphatic heterocycles. The maximum absolute atomic E-state index is 11.8. The number of amides is 4. The molecule has 1 aromatic rings. The first-order chi connectivity index (χ1) is 11.9. The van der Waals surface area contributed by atoms with Gasteiger partial charge in [-0.3, -0.25) is 19.3 Å². The molecule has 0 atom stereocenters. The summed E-state index contributed by atoms with van der Waals surface area (Å²) in [5, 5.41) is 5.33. The van der Waals surface area contributed by atoms with Gasteiger partial charge in [0, 0.05) is 13.0 Å². The van der Waals surface area contributed by atoms with Gasteiger partial charge in [0.05, 0.1) is 17.3 Å². The summed E-state index contributed by atoms with van der Waals surface area (Å²) in [6.07, 6.45) is 0.263. The zero-order chi connectivity index (χ0) is 18.4. The molecule has 1 aromatic carbocycles. The molecule has 0 aliphatic carbocycles. The van der Waals surface area contributed by atoms with Gasteiger partial charge < -0.3 is 15.4 Å². The molecule has 2 rings (SSSR count). The Morgan fingerprint density at radius 2 is 2.12 bits per heavy atom. The van der Waals surface area contributed by atoms with Crippen LogP contribution >= 0.6 is 11.6 Å². The summed E-state index contributed by atoms with van der Waals surface area (Å²) in [5.74, 6) is -1.42. The Morgan fingerprint density at radius 1 is 1.36 bits per heavy atom. The minimum atomic E-state index is -0.586. The SMILES string of the molecule is Cc1ccc(NC(=O)COC(=O)CCCN2C(=O)CNC2=O)c(Cl)c1. The van der Waals surface area contributed by atoms with Crippen LogP contribution < -0.4 is 10.6 Å². The van der Waals surface area contributed by atoms with E-state index < -0.39 is 24.5 Å². The van der Waals surface area contributed by atoms with E-state index in [4.69, 9.17) is 16.3 Å². The predicted molar refractivity (Wildman–Crippen MR) is 90.1 cm³/mol. The number of urea groups is 1. The molecule has 0 radical (unpaired) electrons. The number of anilines is 1. The third kappa shape index (κ3) is 5.46. The van der Waals surface area contributed by atoms with Crippen molar-refractivity contribution < 1.29 is 23.9 Å². The topological polar surface area (TPSA) is 105 Å². The third-order valence-electron chi connectivity index (χ3n) is 3.46. The van der Waals surface area contributed by atoms with E-state index in [2.05, 4.69) is 10.6 Å². The lowest BCUT2D eigenvalue weighted by Gasteiger charge is -2.11. The van der Waals surface area contributed by atoms with Crippen molar-refractivity contribution in [2.45, 2.75) is 19.8 Å². The smallest absolute Gasteiger partial charge is 0.324 e. The molecule has 0 aromatic heterocycles. The zero-order valence-corrected chi connectivity index (χ0v) is 14.4. The van der Waals surface area contributed by atoms with E-state index in [1.165, 1.54) is 0 Å². The number of aryl methyl sites for hydroxylation is 1. The second kappa shape index (κ2) is 8.48. The van der Waals surface area contributed by atoms with Crippen molar-refractivity contribution in [3.63, 3.8) is 0 Å². The Bertz CT molecular complexity index is 691. The number of ether oxygens (including phenoxy) is 1. The molecule has 1 saturated heterocycles. The molecule has 1 heterocycles. The number of imide groups is 1. The van der Waals surface area contributed by atoms with Crippen LogP contribution in [-0.2, 0) is 19.1 Å². The highest BCUT2D eigenvalue weighted by atomic mass is 35.5. The lowest BCUT2D eigenvalue weighted by Crippen LogP contribution is -2.32. The third-order valence-corrected chi connectivity index (χ3v) is 3.78. The number of nitrogens with zero attached hydrogens (tertiary/aromatic N) is 1. The van der Waals surface area contributed by atoms with E-state index in [-0.39, 0.29) is 31.8 Å². The first-order valence-corrected chi connectivity index (χ1v) is 8.04. The number of halogens is 1. The van der Waals surface area contributed by atoms with E-state index in [0.29, 0.717) is 10.7 Å². The first kappa shape index (κ1) is 18.7. The molecule has 25 heavy (non-hydrogen) atoms. The summed E-state index contributed by atoms with van der Waals surface area (Å²) in [7, 11) is 0. The molecule has 134 valence electrons. The Kier molecular flexibility index (Phi) is 6.35. The fourth-order valence-corrected chi connectivity index (χ4v) is 2.47. The first-order valence-electron chi connectivity index (χ1n) is 7.66. The standard InChI is InChI=1S/C16H18ClN3O5/c1-10-4-5-12(11(17)7-10)19-13(21)9-25-15(23)3-2-6-20-14(22)8-18-16(20)24/h4-5,7H,2-3,6,8-9H2,1H3,(H,18,24)(H,19,21). The molecule has 8 nitrogen and oxygen atoms in total. The van der Waals surface area contributed by atoms with E-state index in [0.717, 1.165) is 10.5 Å². The van der Waals surface area contributed by atoms with Crippen LogP contribution in [0, 0.1) is 6.92 Å². The lowest BCUT2D eigenvalue weighted by molar-refractivity contribution is -0.147. The van der Waals surface area contributed by atoms with Crippen molar-refractivity contribution in [1.82, 2.24) is 10.2 Å². The van der Waals surface area contributed by atoms with Crippen LogP contribution in [0.1, 0.15) is 18.4 Å². The Labute approximate surface area is 149 Å². The summed E-state index contributed by atoms with van der Waals surface area (Å²) in [6, 6.07) is 4.70.